The van der Waals surface area contributed by atoms with Gasteiger partial charge in [0, 0.05) is 4.90 Å². The molecule has 0 atom stereocenters. The minimum atomic E-state index is -4.49. The van der Waals surface area contributed by atoms with Crippen LogP contribution >= 0.6 is 34.9 Å². The van der Waals surface area contributed by atoms with E-state index in [1.807, 2.05) is 6.26 Å². The highest BCUT2D eigenvalue weighted by Gasteiger charge is 2.33. The third kappa shape index (κ3) is 3.51. The lowest BCUT2D eigenvalue weighted by Gasteiger charge is -2.08. The molecule has 19 heavy (non-hydrogen) atoms. The van der Waals surface area contributed by atoms with Crippen molar-refractivity contribution in [2.75, 3.05) is 12.0 Å². The second-order valence-corrected chi connectivity index (χ2v) is 6.57. The molecule has 2 heterocycles. The van der Waals surface area contributed by atoms with Gasteiger partial charge >= 0.3 is 6.18 Å². The third-order valence-corrected chi connectivity index (χ3v) is 4.97. The van der Waals surface area contributed by atoms with Crippen molar-refractivity contribution in [3.8, 4) is 0 Å². The van der Waals surface area contributed by atoms with E-state index < -0.39 is 11.9 Å². The summed E-state index contributed by atoms with van der Waals surface area (Å²) in [4.78, 5) is 3.54. The minimum Gasteiger partial charge on any atom is -0.397 e. The van der Waals surface area contributed by atoms with Crippen LogP contribution < -0.4 is 5.73 Å². The maximum atomic E-state index is 12.6. The lowest BCUT2D eigenvalue weighted by Crippen LogP contribution is -2.08. The Morgan fingerprint density at radius 3 is 2.53 bits per heavy atom. The molecule has 0 aliphatic heterocycles. The van der Waals surface area contributed by atoms with Crippen LogP contribution in [0.5, 0.6) is 0 Å². The minimum absolute atomic E-state index is 0.180. The number of alkyl halides is 3. The Balaban J connectivity index is 2.28. The average Bonchev–Trinajstić information content (AvgIpc) is 2.78. The van der Waals surface area contributed by atoms with Gasteiger partial charge in [-0.15, -0.1) is 10.2 Å². The molecule has 0 amide bonds. The molecular weight excluding hydrogens is 317 g/mol. The zero-order chi connectivity index (χ0) is 14.0. The summed E-state index contributed by atoms with van der Waals surface area (Å²) in [5.41, 5.74) is 4.83. The molecule has 0 saturated carbocycles. The van der Waals surface area contributed by atoms with Crippen LogP contribution in [0.1, 0.15) is 5.69 Å². The monoisotopic (exact) mass is 324 g/mol. The molecule has 102 valence electrons. The first-order valence-electron chi connectivity index (χ1n) is 4.78. The molecule has 0 spiro atoms. The van der Waals surface area contributed by atoms with Crippen molar-refractivity contribution >= 4 is 40.5 Å². The van der Waals surface area contributed by atoms with Crippen LogP contribution in [0.3, 0.4) is 0 Å². The van der Waals surface area contributed by atoms with E-state index in [2.05, 4.69) is 15.2 Å². The molecule has 0 radical (unpaired) electrons. The Kier molecular flexibility index (Phi) is 4.21. The third-order valence-electron chi connectivity index (χ3n) is 1.95. The van der Waals surface area contributed by atoms with E-state index >= 15 is 0 Å². The van der Waals surface area contributed by atoms with Gasteiger partial charge in [-0.1, -0.05) is 34.9 Å². The molecule has 0 aromatic carbocycles. The fourth-order valence-corrected chi connectivity index (χ4v) is 3.55. The Labute approximate surface area is 119 Å². The van der Waals surface area contributed by atoms with E-state index in [1.54, 1.807) is 0 Å². The highest BCUT2D eigenvalue weighted by atomic mass is 32.2. The topological polar surface area (TPSA) is 64.7 Å². The molecule has 2 rings (SSSR count). The molecule has 10 heteroatoms. The van der Waals surface area contributed by atoms with E-state index in [-0.39, 0.29) is 10.6 Å². The molecular formula is C9H7F3N4S3. The number of anilines is 1. The maximum Gasteiger partial charge on any atom is 0.433 e. The van der Waals surface area contributed by atoms with E-state index in [1.165, 1.54) is 23.1 Å². The van der Waals surface area contributed by atoms with Gasteiger partial charge in [-0.25, -0.2) is 4.98 Å². The molecule has 4 nitrogen and oxygen atoms in total. The fraction of sp³-hybridized carbons (Fsp3) is 0.222. The standard InChI is InChI=1S/C9H7F3N4S3/c1-17-7-15-16-8(19-7)18-5-2-6(9(10,11)12)14-3-4(5)13/h2-3H,13H2,1H3. The first-order valence-corrected chi connectivity index (χ1v) is 7.64. The summed E-state index contributed by atoms with van der Waals surface area (Å²) in [5.74, 6) is 0. The quantitative estimate of drug-likeness (QED) is 0.873. The predicted molar refractivity (Wildman–Crippen MR) is 69.5 cm³/mol. The van der Waals surface area contributed by atoms with Crippen molar-refractivity contribution in [3.05, 3.63) is 18.0 Å². The fourth-order valence-electron chi connectivity index (χ4n) is 1.11. The zero-order valence-corrected chi connectivity index (χ0v) is 11.9. The van der Waals surface area contributed by atoms with Crippen molar-refractivity contribution < 1.29 is 13.2 Å². The van der Waals surface area contributed by atoms with E-state index in [0.717, 1.165) is 28.4 Å². The van der Waals surface area contributed by atoms with Gasteiger partial charge in [-0.05, 0) is 12.3 Å². The maximum absolute atomic E-state index is 12.6. The van der Waals surface area contributed by atoms with Gasteiger partial charge in [0.15, 0.2) is 8.68 Å². The van der Waals surface area contributed by atoms with E-state index in [4.69, 9.17) is 5.73 Å². The Bertz CT molecular complexity index is 584. The Hall–Kier alpha value is -1.00. The van der Waals surface area contributed by atoms with Gasteiger partial charge < -0.3 is 5.73 Å². The number of pyridine rings is 1. The van der Waals surface area contributed by atoms with E-state index in [9.17, 15) is 13.2 Å². The number of nitrogens with two attached hydrogens (primary N) is 1. The summed E-state index contributed by atoms with van der Waals surface area (Å²) >= 11 is 3.76. The van der Waals surface area contributed by atoms with E-state index in [0.29, 0.717) is 4.34 Å². The normalized spacial score (nSPS) is 11.8. The van der Waals surface area contributed by atoms with Crippen LogP contribution in [-0.2, 0) is 6.18 Å². The molecule has 0 unspecified atom stereocenters. The summed E-state index contributed by atoms with van der Waals surface area (Å²) < 4.78 is 38.9. The van der Waals surface area contributed by atoms with Crippen LogP contribution in [0.2, 0.25) is 0 Å². The lowest BCUT2D eigenvalue weighted by atomic mass is 10.3. The second kappa shape index (κ2) is 5.55. The first kappa shape index (κ1) is 14.4. The lowest BCUT2D eigenvalue weighted by molar-refractivity contribution is -0.141. The first-order chi connectivity index (χ1) is 8.90. The summed E-state index contributed by atoms with van der Waals surface area (Å²) in [5, 5.41) is 7.73. The Morgan fingerprint density at radius 2 is 1.95 bits per heavy atom. The smallest absolute Gasteiger partial charge is 0.397 e. The van der Waals surface area contributed by atoms with Gasteiger partial charge in [0.05, 0.1) is 11.9 Å². The van der Waals surface area contributed by atoms with Crippen LogP contribution in [0.15, 0.2) is 25.8 Å². The van der Waals surface area contributed by atoms with Crippen LogP contribution in [0, 0.1) is 0 Å². The molecule has 0 fully saturated rings. The van der Waals surface area contributed by atoms with Crippen molar-refractivity contribution in [2.24, 2.45) is 0 Å². The molecule has 0 aliphatic rings. The second-order valence-electron chi connectivity index (χ2n) is 3.25. The summed E-state index contributed by atoms with van der Waals surface area (Å²) in [6.07, 6.45) is -1.65. The largest absolute Gasteiger partial charge is 0.433 e. The number of halogens is 3. The summed E-state index contributed by atoms with van der Waals surface area (Å²) in [6.45, 7) is 0. The molecule has 2 aromatic heterocycles. The molecule has 2 N–H and O–H groups in total. The number of thioether (sulfide) groups is 1. The SMILES string of the molecule is CSc1nnc(Sc2cc(C(F)(F)F)ncc2N)s1. The van der Waals surface area contributed by atoms with Gasteiger partial charge in [0.1, 0.15) is 5.69 Å². The van der Waals surface area contributed by atoms with Crippen molar-refractivity contribution in [2.45, 2.75) is 19.8 Å². The highest BCUT2D eigenvalue weighted by Crippen LogP contribution is 2.38. The number of nitrogen functional groups attached to an aromatic ring is 1. The summed E-state index contributed by atoms with van der Waals surface area (Å²) in [7, 11) is 0. The van der Waals surface area contributed by atoms with Gasteiger partial charge in [0.25, 0.3) is 0 Å². The highest BCUT2D eigenvalue weighted by molar-refractivity contribution is 8.03. The number of hydrogen-bond acceptors (Lipinski definition) is 7. The van der Waals surface area contributed by atoms with Crippen molar-refractivity contribution in [1.29, 1.82) is 0 Å². The predicted octanol–water partition coefficient (Wildman–Crippen LogP) is 3.41. The molecule has 0 aliphatic carbocycles. The number of aromatic nitrogens is 3. The molecule has 0 bridgehead atoms. The Morgan fingerprint density at radius 1 is 1.26 bits per heavy atom. The van der Waals surface area contributed by atoms with Crippen LogP contribution in [0.25, 0.3) is 0 Å². The zero-order valence-electron chi connectivity index (χ0n) is 9.43. The van der Waals surface area contributed by atoms with Crippen LogP contribution in [0.4, 0.5) is 18.9 Å². The number of nitrogens with zero attached hydrogens (tertiary/aromatic N) is 3. The van der Waals surface area contributed by atoms with Crippen molar-refractivity contribution in [3.63, 3.8) is 0 Å². The summed E-state index contributed by atoms with van der Waals surface area (Å²) in [6, 6.07) is 0.917. The van der Waals surface area contributed by atoms with Gasteiger partial charge in [0.2, 0.25) is 0 Å². The number of rotatable bonds is 3. The van der Waals surface area contributed by atoms with Crippen LogP contribution in [-0.4, -0.2) is 21.4 Å². The van der Waals surface area contributed by atoms with Gasteiger partial charge in [-0.2, -0.15) is 13.2 Å². The van der Waals surface area contributed by atoms with Gasteiger partial charge in [-0.3, -0.25) is 0 Å². The number of hydrogen-bond donors (Lipinski definition) is 1. The molecule has 0 saturated heterocycles. The average molecular weight is 324 g/mol. The van der Waals surface area contributed by atoms with Crippen molar-refractivity contribution in [1.82, 2.24) is 15.2 Å². The molecule has 2 aromatic rings.